The van der Waals surface area contributed by atoms with Gasteiger partial charge in [-0.25, -0.2) is 0 Å². The van der Waals surface area contributed by atoms with Crippen LogP contribution in [0.4, 0.5) is 0 Å². The fourth-order valence-corrected chi connectivity index (χ4v) is 3.93. The van der Waals surface area contributed by atoms with Crippen molar-refractivity contribution in [3.63, 3.8) is 0 Å². The normalized spacial score (nSPS) is 25.3. The van der Waals surface area contributed by atoms with Gasteiger partial charge in [0.1, 0.15) is 0 Å². The van der Waals surface area contributed by atoms with Crippen LogP contribution in [0.2, 0.25) is 0 Å². The average molecular weight is 311 g/mol. The van der Waals surface area contributed by atoms with E-state index >= 15 is 0 Å². The van der Waals surface area contributed by atoms with Crippen molar-refractivity contribution in [3.8, 4) is 0 Å². The van der Waals surface area contributed by atoms with Crippen molar-refractivity contribution in [2.24, 2.45) is 0 Å². The molecule has 0 N–H and O–H groups in total. The van der Waals surface area contributed by atoms with Crippen LogP contribution < -0.4 is 0 Å². The van der Waals surface area contributed by atoms with E-state index in [1.54, 1.807) is 0 Å². The highest BCUT2D eigenvalue weighted by molar-refractivity contribution is 7.99. The van der Waals surface area contributed by atoms with E-state index in [9.17, 15) is 0 Å². The van der Waals surface area contributed by atoms with Gasteiger partial charge in [0.15, 0.2) is 0 Å². The van der Waals surface area contributed by atoms with Crippen molar-refractivity contribution in [1.82, 2.24) is 0 Å². The Morgan fingerprint density at radius 3 is 1.71 bits per heavy atom. The molecule has 0 aromatic carbocycles. The third-order valence-corrected chi connectivity index (χ3v) is 5.50. The predicted molar refractivity (Wildman–Crippen MR) is 92.0 cm³/mol. The molecule has 0 amide bonds. The molecule has 2 aliphatic rings. The molecule has 0 bridgehead atoms. The maximum Gasteiger partial charge on any atom is 0.0783 e. The van der Waals surface area contributed by atoms with E-state index in [1.807, 2.05) is 0 Å². The fourth-order valence-electron chi connectivity index (χ4n) is 3.03. The Hall–Kier alpha value is -0.250. The molecule has 3 heteroatoms. The number of hydrogen-bond acceptors (Lipinski definition) is 3. The van der Waals surface area contributed by atoms with Crippen LogP contribution in [0.3, 0.4) is 0 Å². The second-order valence-electron chi connectivity index (χ2n) is 6.14. The summed E-state index contributed by atoms with van der Waals surface area (Å²) in [7, 11) is 0. The van der Waals surface area contributed by atoms with Gasteiger partial charge in [-0.2, -0.15) is 11.8 Å². The van der Waals surface area contributed by atoms with Crippen molar-refractivity contribution in [1.29, 1.82) is 0 Å². The largest absolute Gasteiger partial charge is 0.374 e. The first-order valence-corrected chi connectivity index (χ1v) is 9.59. The fraction of sp³-hybridized carbons (Fsp3) is 0.778. The van der Waals surface area contributed by atoms with Crippen molar-refractivity contribution >= 4 is 11.8 Å². The first-order chi connectivity index (χ1) is 10.3. The van der Waals surface area contributed by atoms with Gasteiger partial charge in [0.2, 0.25) is 0 Å². The maximum absolute atomic E-state index is 5.66. The van der Waals surface area contributed by atoms with Gasteiger partial charge in [-0.1, -0.05) is 13.2 Å². The third kappa shape index (κ3) is 6.17. The van der Waals surface area contributed by atoms with Gasteiger partial charge >= 0.3 is 0 Å². The summed E-state index contributed by atoms with van der Waals surface area (Å²) in [6, 6.07) is 0. The van der Waals surface area contributed by atoms with E-state index in [2.05, 4.69) is 24.9 Å². The lowest BCUT2D eigenvalue weighted by molar-refractivity contribution is 0.134. The molecule has 0 aliphatic carbocycles. The highest BCUT2D eigenvalue weighted by Crippen LogP contribution is 2.24. The highest BCUT2D eigenvalue weighted by Gasteiger charge is 2.18. The molecular formula is C18H30O2S. The lowest BCUT2D eigenvalue weighted by Crippen LogP contribution is -2.08. The quantitative estimate of drug-likeness (QED) is 0.428. The average Bonchev–Trinajstić information content (AvgIpc) is 3.18. The van der Waals surface area contributed by atoms with Gasteiger partial charge in [-0.3, -0.25) is 0 Å². The van der Waals surface area contributed by atoms with E-state index in [1.165, 1.54) is 61.2 Å². The Morgan fingerprint density at radius 2 is 1.33 bits per heavy atom. The molecule has 2 aliphatic heterocycles. The van der Waals surface area contributed by atoms with Crippen LogP contribution in [-0.4, -0.2) is 36.9 Å². The number of hydrogen-bond donors (Lipinski definition) is 0. The van der Waals surface area contributed by atoms with Crippen LogP contribution >= 0.6 is 11.8 Å². The van der Waals surface area contributed by atoms with E-state index in [0.717, 1.165) is 26.1 Å². The minimum Gasteiger partial charge on any atom is -0.374 e. The Labute approximate surface area is 134 Å². The molecule has 2 heterocycles. The number of rotatable bonds is 10. The second kappa shape index (κ2) is 9.70. The Bertz CT molecular complexity index is 296. The molecule has 2 unspecified atom stereocenters. The molecule has 2 atom stereocenters. The van der Waals surface area contributed by atoms with Gasteiger partial charge in [0, 0.05) is 13.2 Å². The summed E-state index contributed by atoms with van der Waals surface area (Å²) in [6.07, 6.45) is 10.2. The molecule has 2 nitrogen and oxygen atoms in total. The van der Waals surface area contributed by atoms with Crippen molar-refractivity contribution in [2.75, 3.05) is 24.7 Å². The van der Waals surface area contributed by atoms with Crippen LogP contribution in [0.15, 0.2) is 24.3 Å². The van der Waals surface area contributed by atoms with Crippen molar-refractivity contribution in [2.45, 2.75) is 63.6 Å². The molecule has 0 radical (unpaired) electrons. The zero-order chi connectivity index (χ0) is 14.9. The Balaban J connectivity index is 1.41. The lowest BCUT2D eigenvalue weighted by Gasteiger charge is -2.13. The predicted octanol–water partition coefficient (Wildman–Crippen LogP) is 4.75. The van der Waals surface area contributed by atoms with Crippen LogP contribution in [0.25, 0.3) is 0 Å². The van der Waals surface area contributed by atoms with Crippen molar-refractivity contribution < 1.29 is 9.47 Å². The molecule has 0 aromatic rings. The molecule has 2 rings (SSSR count). The SMILES string of the molecule is C=C(CCCSCCCC(=C)C1CCCO1)C1CCCO1. The molecule has 21 heavy (non-hydrogen) atoms. The first-order valence-electron chi connectivity index (χ1n) is 8.43. The standard InChI is InChI=1S/C18H30O2S/c1-15(17-9-3-11-19-17)7-5-13-21-14-6-8-16(2)18-10-4-12-20-18/h17-18H,1-14H2. The first kappa shape index (κ1) is 17.1. The summed E-state index contributed by atoms with van der Waals surface area (Å²) >= 11 is 2.06. The lowest BCUT2D eigenvalue weighted by atomic mass is 10.0. The van der Waals surface area contributed by atoms with E-state index in [0.29, 0.717) is 12.2 Å². The summed E-state index contributed by atoms with van der Waals surface area (Å²) in [5, 5.41) is 0. The van der Waals surface area contributed by atoms with Crippen LogP contribution in [0, 0.1) is 0 Å². The zero-order valence-electron chi connectivity index (χ0n) is 13.3. The summed E-state index contributed by atoms with van der Waals surface area (Å²) in [4.78, 5) is 0. The summed E-state index contributed by atoms with van der Waals surface area (Å²) < 4.78 is 11.3. The number of ether oxygens (including phenoxy) is 2. The van der Waals surface area contributed by atoms with Gasteiger partial charge < -0.3 is 9.47 Å². The van der Waals surface area contributed by atoms with Crippen LogP contribution in [0.5, 0.6) is 0 Å². The van der Waals surface area contributed by atoms with Gasteiger partial charge in [0.25, 0.3) is 0 Å². The van der Waals surface area contributed by atoms with E-state index < -0.39 is 0 Å². The van der Waals surface area contributed by atoms with Crippen LogP contribution in [0.1, 0.15) is 51.4 Å². The summed E-state index contributed by atoms with van der Waals surface area (Å²) in [5.41, 5.74) is 2.61. The Kier molecular flexibility index (Phi) is 7.91. The highest BCUT2D eigenvalue weighted by atomic mass is 32.2. The van der Waals surface area contributed by atoms with E-state index in [4.69, 9.17) is 9.47 Å². The molecule has 2 saturated heterocycles. The smallest absolute Gasteiger partial charge is 0.0783 e. The van der Waals surface area contributed by atoms with Gasteiger partial charge in [-0.15, -0.1) is 0 Å². The van der Waals surface area contributed by atoms with Crippen LogP contribution in [-0.2, 0) is 9.47 Å². The molecule has 2 fully saturated rings. The topological polar surface area (TPSA) is 18.5 Å². The molecule has 120 valence electrons. The second-order valence-corrected chi connectivity index (χ2v) is 7.36. The van der Waals surface area contributed by atoms with E-state index in [-0.39, 0.29) is 0 Å². The maximum atomic E-state index is 5.66. The van der Waals surface area contributed by atoms with Gasteiger partial charge in [0.05, 0.1) is 12.2 Å². The number of thioether (sulfide) groups is 1. The molecule has 0 spiro atoms. The molecule has 0 aromatic heterocycles. The molecular weight excluding hydrogens is 280 g/mol. The minimum atomic E-state index is 0.352. The molecule has 0 saturated carbocycles. The summed E-state index contributed by atoms with van der Waals surface area (Å²) in [5.74, 6) is 2.47. The Morgan fingerprint density at radius 1 is 0.857 bits per heavy atom. The van der Waals surface area contributed by atoms with Gasteiger partial charge in [-0.05, 0) is 74.0 Å². The van der Waals surface area contributed by atoms with Crippen molar-refractivity contribution in [3.05, 3.63) is 24.3 Å². The summed E-state index contributed by atoms with van der Waals surface area (Å²) in [6.45, 7) is 10.2. The third-order valence-electron chi connectivity index (χ3n) is 4.34. The zero-order valence-corrected chi connectivity index (χ0v) is 14.1. The monoisotopic (exact) mass is 310 g/mol. The minimum absolute atomic E-state index is 0.352.